The first-order chi connectivity index (χ1) is 14.0. The Morgan fingerprint density at radius 3 is 2.07 bits per heavy atom. The summed E-state index contributed by atoms with van der Waals surface area (Å²) in [5, 5.41) is 0.406. The zero-order valence-electron chi connectivity index (χ0n) is 18.9. The molecule has 0 radical (unpaired) electrons. The Labute approximate surface area is 195 Å². The molecule has 0 aliphatic carbocycles. The van der Waals surface area contributed by atoms with Crippen molar-refractivity contribution in [3.63, 3.8) is 0 Å². The number of hydrogen-bond donors (Lipinski definition) is 0. The minimum absolute atomic E-state index is 0.161. The van der Waals surface area contributed by atoms with Gasteiger partial charge in [-0.1, -0.05) is 75.1 Å². The third-order valence-electron chi connectivity index (χ3n) is 5.88. The lowest BCUT2D eigenvalue weighted by Gasteiger charge is -2.42. The Morgan fingerprint density at radius 2 is 1.57 bits per heavy atom. The summed E-state index contributed by atoms with van der Waals surface area (Å²) in [6, 6.07) is 10.9. The summed E-state index contributed by atoms with van der Waals surface area (Å²) in [5.74, 6) is 0.370. The number of ether oxygens (including phenoxy) is 1. The molecule has 0 saturated carbocycles. The Hall–Kier alpha value is -1.14. The van der Waals surface area contributed by atoms with Gasteiger partial charge >= 0.3 is 0 Å². The van der Waals surface area contributed by atoms with E-state index >= 15 is 0 Å². The molecule has 0 aliphatic heterocycles. The Balaban J connectivity index is 2.39. The van der Waals surface area contributed by atoms with Crippen LogP contribution in [0.2, 0.25) is 21.6 Å². The molecule has 0 fully saturated rings. The fraction of sp³-hybridized carbons (Fsp3) is 0.458. The molecule has 2 aromatic carbocycles. The van der Waals surface area contributed by atoms with E-state index in [1.54, 1.807) is 19.2 Å². The summed E-state index contributed by atoms with van der Waals surface area (Å²) in [5.41, 5.74) is 3.40. The molecular weight excluding hydrogens is 480 g/mol. The summed E-state index contributed by atoms with van der Waals surface area (Å²) in [6.45, 7) is 14.1. The van der Waals surface area contributed by atoms with Crippen LogP contribution in [0.5, 0.6) is 5.75 Å². The van der Waals surface area contributed by atoms with E-state index in [1.165, 1.54) is 0 Å². The minimum Gasteiger partial charge on any atom is -0.496 e. The summed E-state index contributed by atoms with van der Waals surface area (Å²) >= 11 is 9.71. The lowest BCUT2D eigenvalue weighted by atomic mass is 10.0. The van der Waals surface area contributed by atoms with E-state index in [2.05, 4.69) is 57.5 Å². The Morgan fingerprint density at radius 1 is 0.967 bits per heavy atom. The fourth-order valence-corrected chi connectivity index (χ4v) is 10.7. The maximum atomic E-state index is 13.2. The zero-order valence-corrected chi connectivity index (χ0v) is 22.2. The van der Waals surface area contributed by atoms with Crippen LogP contribution in [0.15, 0.2) is 40.9 Å². The van der Waals surface area contributed by atoms with Crippen LogP contribution in [-0.4, -0.2) is 21.2 Å². The summed E-state index contributed by atoms with van der Waals surface area (Å²) in [6.07, 6.45) is 0. The second-order valence-corrected chi connectivity index (χ2v) is 15.4. The molecule has 0 N–H and O–H groups in total. The molecule has 3 nitrogen and oxygen atoms in total. The molecule has 0 atom stereocenters. The van der Waals surface area contributed by atoms with Crippen molar-refractivity contribution in [1.29, 1.82) is 0 Å². The van der Waals surface area contributed by atoms with Gasteiger partial charge in [-0.25, -0.2) is 0 Å². The van der Waals surface area contributed by atoms with Crippen LogP contribution >= 0.6 is 27.5 Å². The van der Waals surface area contributed by atoms with Gasteiger partial charge in [0.2, 0.25) is 8.32 Å². The van der Waals surface area contributed by atoms with E-state index < -0.39 is 8.32 Å². The molecule has 0 saturated heterocycles. The van der Waals surface area contributed by atoms with E-state index in [-0.39, 0.29) is 5.78 Å². The lowest BCUT2D eigenvalue weighted by molar-refractivity contribution is 0.103. The second kappa shape index (κ2) is 10.4. The van der Waals surface area contributed by atoms with E-state index in [0.29, 0.717) is 45.1 Å². The summed E-state index contributed by atoms with van der Waals surface area (Å²) in [7, 11) is -0.429. The quantitative estimate of drug-likeness (QED) is 0.252. The molecule has 0 bridgehead atoms. The smallest absolute Gasteiger partial charge is 0.200 e. The Bertz CT molecular complexity index is 874. The maximum absolute atomic E-state index is 13.2. The molecule has 164 valence electrons. The van der Waals surface area contributed by atoms with Gasteiger partial charge < -0.3 is 9.16 Å². The van der Waals surface area contributed by atoms with Crippen LogP contribution in [0.4, 0.5) is 0 Å². The van der Waals surface area contributed by atoms with Crippen LogP contribution in [0, 0.1) is 0 Å². The molecule has 0 heterocycles. The molecule has 0 unspecified atom stereocenters. The Kier molecular flexibility index (Phi) is 8.75. The molecule has 2 rings (SSSR count). The molecule has 30 heavy (non-hydrogen) atoms. The topological polar surface area (TPSA) is 35.5 Å². The number of rotatable bonds is 9. The van der Waals surface area contributed by atoms with Crippen molar-refractivity contribution in [3.05, 3.63) is 62.6 Å². The predicted molar refractivity (Wildman–Crippen MR) is 131 cm³/mol. The highest BCUT2D eigenvalue weighted by molar-refractivity contribution is 9.10. The highest BCUT2D eigenvalue weighted by Gasteiger charge is 2.45. The number of carbonyl (C=O) groups is 1. The van der Waals surface area contributed by atoms with Crippen molar-refractivity contribution < 1.29 is 14.0 Å². The number of benzene rings is 2. The molecule has 2 aromatic rings. The largest absolute Gasteiger partial charge is 0.496 e. The minimum atomic E-state index is -2.00. The van der Waals surface area contributed by atoms with Crippen molar-refractivity contribution in [2.75, 3.05) is 7.11 Å². The fourth-order valence-electron chi connectivity index (χ4n) is 4.55. The van der Waals surface area contributed by atoms with Gasteiger partial charge in [0.25, 0.3) is 0 Å². The van der Waals surface area contributed by atoms with Crippen LogP contribution in [0.25, 0.3) is 0 Å². The van der Waals surface area contributed by atoms with Crippen LogP contribution in [0.3, 0.4) is 0 Å². The average Bonchev–Trinajstić information content (AvgIpc) is 2.67. The molecule has 0 spiro atoms. The third kappa shape index (κ3) is 5.18. The summed E-state index contributed by atoms with van der Waals surface area (Å²) < 4.78 is 13.0. The molecular formula is C24H32BrClO3Si. The van der Waals surface area contributed by atoms with Gasteiger partial charge in [-0.05, 0) is 52.5 Å². The first kappa shape index (κ1) is 25.1. The highest BCUT2D eigenvalue weighted by Crippen LogP contribution is 2.43. The van der Waals surface area contributed by atoms with Crippen molar-refractivity contribution in [2.24, 2.45) is 0 Å². The van der Waals surface area contributed by atoms with Gasteiger partial charge in [0.1, 0.15) is 5.75 Å². The SMILES string of the molecule is COc1ccc(CO[Si](C(C)C)(C(C)C)C(C)C)cc1C(=O)c1ccc(Br)cc1Cl. The highest BCUT2D eigenvalue weighted by atomic mass is 79.9. The maximum Gasteiger partial charge on any atom is 0.200 e. The van der Waals surface area contributed by atoms with Crippen LogP contribution in [0.1, 0.15) is 63.0 Å². The number of hydrogen-bond acceptors (Lipinski definition) is 3. The number of methoxy groups -OCH3 is 1. The first-order valence-corrected chi connectivity index (χ1v) is 13.7. The molecule has 0 amide bonds. The van der Waals surface area contributed by atoms with E-state index in [0.717, 1.165) is 10.0 Å². The first-order valence-electron chi connectivity index (χ1n) is 10.3. The lowest BCUT2D eigenvalue weighted by Crippen LogP contribution is -2.47. The van der Waals surface area contributed by atoms with Gasteiger partial charge in [-0.3, -0.25) is 4.79 Å². The number of halogens is 2. The van der Waals surface area contributed by atoms with Crippen LogP contribution < -0.4 is 4.74 Å². The summed E-state index contributed by atoms with van der Waals surface area (Å²) in [4.78, 5) is 13.2. The van der Waals surface area contributed by atoms with E-state index in [9.17, 15) is 4.79 Å². The average molecular weight is 512 g/mol. The van der Waals surface area contributed by atoms with Crippen molar-refractivity contribution >= 4 is 41.6 Å². The van der Waals surface area contributed by atoms with E-state index in [1.807, 2.05) is 24.3 Å². The van der Waals surface area contributed by atoms with Crippen molar-refractivity contribution in [2.45, 2.75) is 64.8 Å². The standard InChI is InChI=1S/C24H32BrClO3Si/c1-15(2)30(16(3)4,17(5)6)29-14-18-8-11-23(28-7)21(12-18)24(27)20-10-9-19(25)13-22(20)26/h8-13,15-17H,14H2,1-7H3. The van der Waals surface area contributed by atoms with Gasteiger partial charge in [-0.2, -0.15) is 0 Å². The van der Waals surface area contributed by atoms with Gasteiger partial charge in [0.05, 0.1) is 24.3 Å². The monoisotopic (exact) mass is 510 g/mol. The zero-order chi connectivity index (χ0) is 22.6. The molecule has 6 heteroatoms. The predicted octanol–water partition coefficient (Wildman–Crippen LogP) is 8.03. The number of carbonyl (C=O) groups excluding carboxylic acids is 1. The van der Waals surface area contributed by atoms with Crippen molar-refractivity contribution in [3.8, 4) is 5.75 Å². The van der Waals surface area contributed by atoms with Gasteiger partial charge in [0.15, 0.2) is 5.78 Å². The van der Waals surface area contributed by atoms with Gasteiger partial charge in [-0.15, -0.1) is 0 Å². The third-order valence-corrected chi connectivity index (χ3v) is 12.7. The van der Waals surface area contributed by atoms with Crippen LogP contribution in [-0.2, 0) is 11.0 Å². The normalized spacial score (nSPS) is 12.1. The number of ketones is 1. The van der Waals surface area contributed by atoms with Gasteiger partial charge in [0, 0.05) is 10.0 Å². The van der Waals surface area contributed by atoms with Crippen molar-refractivity contribution in [1.82, 2.24) is 0 Å². The second-order valence-electron chi connectivity index (χ2n) is 8.59. The molecule has 0 aromatic heterocycles. The van der Waals surface area contributed by atoms with E-state index in [4.69, 9.17) is 20.8 Å². The molecule has 0 aliphatic rings.